The molecule has 5 heteroatoms. The Balaban J connectivity index is 1.69. The quantitative estimate of drug-likeness (QED) is 0.623. The Bertz CT molecular complexity index is 826. The van der Waals surface area contributed by atoms with E-state index >= 15 is 0 Å². The highest BCUT2D eigenvalue weighted by molar-refractivity contribution is 5.42. The highest BCUT2D eigenvalue weighted by Gasteiger charge is 2.43. The van der Waals surface area contributed by atoms with Gasteiger partial charge in [0.2, 0.25) is 0 Å². The predicted molar refractivity (Wildman–Crippen MR) is 117 cm³/mol. The van der Waals surface area contributed by atoms with Gasteiger partial charge in [0.1, 0.15) is 12.4 Å². The second-order valence-electron chi connectivity index (χ2n) is 8.59. The van der Waals surface area contributed by atoms with Crippen LogP contribution < -0.4 is 14.8 Å². The van der Waals surface area contributed by atoms with Crippen LogP contribution in [0.5, 0.6) is 11.5 Å². The van der Waals surface area contributed by atoms with Crippen LogP contribution in [0, 0.1) is 5.82 Å². The van der Waals surface area contributed by atoms with Crippen molar-refractivity contribution in [1.29, 1.82) is 0 Å². The zero-order chi connectivity index (χ0) is 21.6. The molecule has 1 aliphatic heterocycles. The van der Waals surface area contributed by atoms with E-state index in [1.807, 2.05) is 24.3 Å². The van der Waals surface area contributed by atoms with Crippen LogP contribution in [0.15, 0.2) is 42.5 Å². The minimum Gasteiger partial charge on any atom is -0.493 e. The molecule has 2 atom stereocenters. The summed E-state index contributed by atoms with van der Waals surface area (Å²) in [5.74, 6) is 1.33. The maximum absolute atomic E-state index is 13.6. The number of methoxy groups -OCH3 is 2. The molecule has 4 nitrogen and oxygen atoms in total. The number of halogens is 1. The molecule has 0 unspecified atom stereocenters. The van der Waals surface area contributed by atoms with Crippen molar-refractivity contribution in [3.8, 4) is 11.5 Å². The van der Waals surface area contributed by atoms with Gasteiger partial charge in [0, 0.05) is 24.0 Å². The zero-order valence-electron chi connectivity index (χ0n) is 18.7. The molecule has 0 bridgehead atoms. The largest absolute Gasteiger partial charge is 0.493 e. The molecule has 1 saturated heterocycles. The highest BCUT2D eigenvalue weighted by Crippen LogP contribution is 2.45. The third-order valence-electron chi connectivity index (χ3n) is 6.60. The average molecular weight is 417 g/mol. The summed E-state index contributed by atoms with van der Waals surface area (Å²) in [6, 6.07) is 13.2. The minimum absolute atomic E-state index is 0.0187. The summed E-state index contributed by atoms with van der Waals surface area (Å²) < 4.78 is 30.4. The van der Waals surface area contributed by atoms with Crippen LogP contribution in [0.25, 0.3) is 0 Å². The van der Waals surface area contributed by atoms with E-state index in [2.05, 4.69) is 25.2 Å². The van der Waals surface area contributed by atoms with Gasteiger partial charge < -0.3 is 19.5 Å². The summed E-state index contributed by atoms with van der Waals surface area (Å²) in [5, 5.41) is 2.34. The SMILES string of the molecule is CC[C@]1(C)C[C@](CC[NH2+]Cc2ccc(OC)c(OC)c2)(c2ccc(F)cc2)CCO1. The van der Waals surface area contributed by atoms with Crippen LogP contribution in [0.4, 0.5) is 4.39 Å². The maximum Gasteiger partial charge on any atom is 0.161 e. The first kappa shape index (κ1) is 22.6. The lowest BCUT2D eigenvalue weighted by Gasteiger charge is -2.46. The number of rotatable bonds is 9. The Morgan fingerprint density at radius 1 is 1.07 bits per heavy atom. The molecule has 2 aromatic carbocycles. The third kappa shape index (κ3) is 5.13. The highest BCUT2D eigenvalue weighted by atomic mass is 19.1. The second kappa shape index (κ2) is 9.80. The monoisotopic (exact) mass is 416 g/mol. The van der Waals surface area contributed by atoms with Crippen LogP contribution in [0.2, 0.25) is 0 Å². The minimum atomic E-state index is -0.181. The molecule has 0 saturated carbocycles. The van der Waals surface area contributed by atoms with E-state index in [0.717, 1.165) is 56.9 Å². The van der Waals surface area contributed by atoms with Gasteiger partial charge in [-0.1, -0.05) is 19.1 Å². The van der Waals surface area contributed by atoms with E-state index in [1.54, 1.807) is 26.4 Å². The molecule has 1 aliphatic rings. The van der Waals surface area contributed by atoms with Crippen molar-refractivity contribution in [2.45, 2.75) is 57.1 Å². The Morgan fingerprint density at radius 3 is 2.47 bits per heavy atom. The van der Waals surface area contributed by atoms with E-state index in [-0.39, 0.29) is 16.8 Å². The normalized spacial score (nSPS) is 23.9. The van der Waals surface area contributed by atoms with Crippen molar-refractivity contribution in [3.05, 3.63) is 59.4 Å². The Kier molecular flexibility index (Phi) is 7.37. The Hall–Kier alpha value is -2.11. The van der Waals surface area contributed by atoms with Gasteiger partial charge in [0.25, 0.3) is 0 Å². The van der Waals surface area contributed by atoms with Crippen LogP contribution >= 0.6 is 0 Å². The van der Waals surface area contributed by atoms with Crippen molar-refractivity contribution >= 4 is 0 Å². The second-order valence-corrected chi connectivity index (χ2v) is 8.59. The van der Waals surface area contributed by atoms with Gasteiger partial charge in [-0.25, -0.2) is 4.39 Å². The van der Waals surface area contributed by atoms with Gasteiger partial charge in [-0.2, -0.15) is 0 Å². The predicted octanol–water partition coefficient (Wildman–Crippen LogP) is 4.21. The lowest BCUT2D eigenvalue weighted by atomic mass is 9.66. The molecule has 1 fully saturated rings. The molecule has 164 valence electrons. The summed E-state index contributed by atoms with van der Waals surface area (Å²) in [5.41, 5.74) is 2.32. The maximum atomic E-state index is 13.6. The molecule has 2 aromatic rings. The molecule has 30 heavy (non-hydrogen) atoms. The molecule has 0 aliphatic carbocycles. The lowest BCUT2D eigenvalue weighted by molar-refractivity contribution is -0.672. The molecule has 0 radical (unpaired) electrons. The smallest absolute Gasteiger partial charge is 0.161 e. The Labute approximate surface area is 179 Å². The number of nitrogens with two attached hydrogens (primary N) is 1. The molecule has 2 N–H and O–H groups in total. The van der Waals surface area contributed by atoms with Crippen LogP contribution in [-0.2, 0) is 16.7 Å². The number of hydrogen-bond acceptors (Lipinski definition) is 3. The van der Waals surface area contributed by atoms with E-state index in [4.69, 9.17) is 14.2 Å². The summed E-state index contributed by atoms with van der Waals surface area (Å²) in [7, 11) is 3.31. The first-order valence-corrected chi connectivity index (χ1v) is 10.9. The topological polar surface area (TPSA) is 44.3 Å². The van der Waals surface area contributed by atoms with Crippen molar-refractivity contribution < 1.29 is 23.9 Å². The number of quaternary nitrogens is 1. The Morgan fingerprint density at radius 2 is 1.80 bits per heavy atom. The fraction of sp³-hybridized carbons (Fsp3) is 0.520. The van der Waals surface area contributed by atoms with Crippen LogP contribution in [-0.4, -0.2) is 33.0 Å². The average Bonchev–Trinajstić information content (AvgIpc) is 2.77. The van der Waals surface area contributed by atoms with Gasteiger partial charge in [-0.15, -0.1) is 0 Å². The fourth-order valence-electron chi connectivity index (χ4n) is 4.64. The summed E-state index contributed by atoms with van der Waals surface area (Å²) >= 11 is 0. The molecule has 0 aromatic heterocycles. The van der Waals surface area contributed by atoms with Crippen LogP contribution in [0.1, 0.15) is 50.7 Å². The van der Waals surface area contributed by atoms with Gasteiger partial charge >= 0.3 is 0 Å². The summed E-state index contributed by atoms with van der Waals surface area (Å²) in [6.45, 7) is 7.01. The molecular formula is C25H35FNO3+. The third-order valence-corrected chi connectivity index (χ3v) is 6.60. The zero-order valence-corrected chi connectivity index (χ0v) is 18.7. The van der Waals surface area contributed by atoms with Crippen molar-refractivity contribution in [2.75, 3.05) is 27.4 Å². The van der Waals surface area contributed by atoms with Gasteiger partial charge in [0.15, 0.2) is 11.5 Å². The molecule has 0 amide bonds. The molecule has 3 rings (SSSR count). The van der Waals surface area contributed by atoms with E-state index in [9.17, 15) is 4.39 Å². The summed E-state index contributed by atoms with van der Waals surface area (Å²) in [4.78, 5) is 0. The van der Waals surface area contributed by atoms with E-state index in [0.29, 0.717) is 0 Å². The van der Waals surface area contributed by atoms with Gasteiger partial charge in [-0.3, -0.25) is 0 Å². The first-order valence-electron chi connectivity index (χ1n) is 10.9. The molecule has 0 spiro atoms. The number of ether oxygens (including phenoxy) is 3. The molecule has 1 heterocycles. The van der Waals surface area contributed by atoms with Crippen LogP contribution in [0.3, 0.4) is 0 Å². The fourth-order valence-corrected chi connectivity index (χ4v) is 4.64. The van der Waals surface area contributed by atoms with Gasteiger partial charge in [-0.05, 0) is 62.1 Å². The summed E-state index contributed by atoms with van der Waals surface area (Å²) in [6.07, 6.45) is 3.95. The van der Waals surface area contributed by atoms with E-state index < -0.39 is 0 Å². The van der Waals surface area contributed by atoms with Crippen molar-refractivity contribution in [2.24, 2.45) is 0 Å². The lowest BCUT2D eigenvalue weighted by Crippen LogP contribution is -2.83. The standard InChI is InChI=1S/C25H34FNO3/c1-5-24(2)18-25(13-15-30-24,20-7-9-21(26)10-8-20)12-14-27-17-19-6-11-22(28-3)23(16-19)29-4/h6-11,16,27H,5,12-15,17-18H2,1-4H3/p+1/t24-,25-/m1/s1. The van der Waals surface area contributed by atoms with Crippen molar-refractivity contribution in [1.82, 2.24) is 0 Å². The van der Waals surface area contributed by atoms with Gasteiger partial charge in [0.05, 0.1) is 26.4 Å². The number of benzene rings is 2. The van der Waals surface area contributed by atoms with E-state index in [1.165, 1.54) is 11.1 Å². The molecular weight excluding hydrogens is 381 g/mol. The van der Waals surface area contributed by atoms with Crippen molar-refractivity contribution in [3.63, 3.8) is 0 Å². The number of hydrogen-bond donors (Lipinski definition) is 1. The first-order chi connectivity index (χ1) is 14.4.